The van der Waals surface area contributed by atoms with Crippen molar-refractivity contribution in [2.24, 2.45) is 11.8 Å². The molecule has 0 saturated carbocycles. The van der Waals surface area contributed by atoms with Gasteiger partial charge in [-0.25, -0.2) is 8.42 Å². The fraction of sp³-hybridized carbons (Fsp3) is 0.444. The molecule has 0 spiro atoms. The monoisotopic (exact) mass is 319 g/mol. The van der Waals surface area contributed by atoms with Crippen molar-refractivity contribution in [2.75, 3.05) is 0 Å². The zero-order chi connectivity index (χ0) is 16.5. The van der Waals surface area contributed by atoms with Crippen LogP contribution < -0.4 is 0 Å². The lowest BCUT2D eigenvalue weighted by molar-refractivity contribution is 0.464. The van der Waals surface area contributed by atoms with Gasteiger partial charge in [0, 0.05) is 0 Å². The predicted molar refractivity (Wildman–Crippen MR) is 89.0 cm³/mol. The average molecular weight is 319 g/mol. The molecule has 0 fully saturated rings. The third kappa shape index (κ3) is 4.08. The first-order valence-electron chi connectivity index (χ1n) is 7.68. The van der Waals surface area contributed by atoms with Crippen LogP contribution in [0.2, 0.25) is 0 Å². The van der Waals surface area contributed by atoms with E-state index in [-0.39, 0.29) is 4.90 Å². The second kappa shape index (κ2) is 6.39. The summed E-state index contributed by atoms with van der Waals surface area (Å²) in [6.07, 6.45) is 1.62. The van der Waals surface area contributed by atoms with Crippen LogP contribution in [-0.4, -0.2) is 13.0 Å². The van der Waals surface area contributed by atoms with Gasteiger partial charge in [-0.05, 0) is 58.7 Å². The quantitative estimate of drug-likeness (QED) is 0.778. The van der Waals surface area contributed by atoms with E-state index in [2.05, 4.69) is 27.7 Å². The summed E-state index contributed by atoms with van der Waals surface area (Å²) in [5, 5.41) is 1.36. The first-order chi connectivity index (χ1) is 10.2. The molecule has 0 N–H and O–H groups in total. The highest BCUT2D eigenvalue weighted by Gasteiger charge is 2.12. The van der Waals surface area contributed by atoms with E-state index in [1.54, 1.807) is 6.07 Å². The van der Waals surface area contributed by atoms with E-state index in [9.17, 15) is 13.0 Å². The molecule has 0 aliphatic carbocycles. The van der Waals surface area contributed by atoms with Gasteiger partial charge < -0.3 is 4.55 Å². The van der Waals surface area contributed by atoms with E-state index in [0.29, 0.717) is 17.2 Å². The molecule has 120 valence electrons. The van der Waals surface area contributed by atoms with Gasteiger partial charge in [0.1, 0.15) is 10.1 Å². The molecular weight excluding hydrogens is 296 g/mol. The maximum absolute atomic E-state index is 11.7. The fourth-order valence-corrected chi connectivity index (χ4v) is 3.57. The summed E-state index contributed by atoms with van der Waals surface area (Å²) in [6.45, 7) is 8.37. The Balaban J connectivity index is 2.66. The minimum atomic E-state index is -4.48. The third-order valence-corrected chi connectivity index (χ3v) is 4.47. The molecule has 0 aliphatic rings. The average Bonchev–Trinajstić information content (AvgIpc) is 2.35. The summed E-state index contributed by atoms with van der Waals surface area (Å²) >= 11 is 0. The van der Waals surface area contributed by atoms with Crippen molar-refractivity contribution in [1.29, 1.82) is 0 Å². The van der Waals surface area contributed by atoms with Gasteiger partial charge in [0.05, 0.1) is 4.90 Å². The largest absolute Gasteiger partial charge is 0.744 e. The summed E-state index contributed by atoms with van der Waals surface area (Å²) in [5.41, 5.74) is 1.96. The number of rotatable bonds is 5. The molecule has 0 unspecified atom stereocenters. The highest BCUT2D eigenvalue weighted by Crippen LogP contribution is 2.28. The van der Waals surface area contributed by atoms with Crippen molar-refractivity contribution in [2.45, 2.75) is 45.4 Å². The number of benzene rings is 2. The van der Waals surface area contributed by atoms with E-state index < -0.39 is 10.1 Å². The Kier molecular flexibility index (Phi) is 4.93. The molecule has 0 heterocycles. The van der Waals surface area contributed by atoms with Gasteiger partial charge in [-0.2, -0.15) is 0 Å². The van der Waals surface area contributed by atoms with Crippen LogP contribution in [0.1, 0.15) is 38.8 Å². The maximum atomic E-state index is 11.7. The molecule has 0 amide bonds. The lowest BCUT2D eigenvalue weighted by Gasteiger charge is -2.16. The minimum Gasteiger partial charge on any atom is -0.744 e. The molecule has 0 aliphatic heterocycles. The molecule has 0 bridgehead atoms. The van der Waals surface area contributed by atoms with Crippen molar-refractivity contribution in [3.05, 3.63) is 41.5 Å². The molecule has 3 nitrogen and oxygen atoms in total. The van der Waals surface area contributed by atoms with Gasteiger partial charge in [0.15, 0.2) is 0 Å². The Morgan fingerprint density at radius 1 is 0.909 bits per heavy atom. The van der Waals surface area contributed by atoms with Crippen LogP contribution in [-0.2, 0) is 23.0 Å². The van der Waals surface area contributed by atoms with Gasteiger partial charge in [0.25, 0.3) is 0 Å². The summed E-state index contributed by atoms with van der Waals surface area (Å²) < 4.78 is 35.0. The molecule has 4 heteroatoms. The lowest BCUT2D eigenvalue weighted by atomic mass is 9.96. The van der Waals surface area contributed by atoms with Crippen molar-refractivity contribution in [1.82, 2.24) is 0 Å². The van der Waals surface area contributed by atoms with E-state index in [4.69, 9.17) is 0 Å². The molecule has 22 heavy (non-hydrogen) atoms. The summed E-state index contributed by atoms with van der Waals surface area (Å²) in [5.74, 6) is 0.879. The predicted octanol–water partition coefficient (Wildman–Crippen LogP) is 4.14. The third-order valence-electron chi connectivity index (χ3n) is 3.60. The zero-order valence-corrected chi connectivity index (χ0v) is 14.4. The van der Waals surface area contributed by atoms with Crippen LogP contribution in [0.25, 0.3) is 10.8 Å². The van der Waals surface area contributed by atoms with Crippen LogP contribution in [0.15, 0.2) is 35.2 Å². The summed E-state index contributed by atoms with van der Waals surface area (Å²) in [6, 6.07) is 9.32. The number of fused-ring (bicyclic) bond motifs is 1. The SMILES string of the molecule is CC(C)Cc1cc(S(=O)(=O)[O-])c2cc(CC(C)C)ccc2c1. The standard InChI is InChI=1S/C18H24O3S/c1-12(2)7-14-5-6-16-9-15(8-13(3)4)11-18(17(16)10-14)22(19,20)21/h5-6,9-13H,7-8H2,1-4H3,(H,19,20,21)/p-1. The first kappa shape index (κ1) is 17.0. The van der Waals surface area contributed by atoms with E-state index >= 15 is 0 Å². The molecule has 0 aromatic heterocycles. The molecule has 0 radical (unpaired) electrons. The Morgan fingerprint density at radius 3 is 2.05 bits per heavy atom. The minimum absolute atomic E-state index is 0.0914. The van der Waals surface area contributed by atoms with Crippen LogP contribution in [0.5, 0.6) is 0 Å². The Bertz CT molecular complexity index is 774. The zero-order valence-electron chi connectivity index (χ0n) is 13.6. The van der Waals surface area contributed by atoms with Crippen LogP contribution >= 0.6 is 0 Å². The lowest BCUT2D eigenvalue weighted by Crippen LogP contribution is -2.03. The summed E-state index contributed by atoms with van der Waals surface area (Å²) in [7, 11) is -4.48. The van der Waals surface area contributed by atoms with Crippen LogP contribution in [0.3, 0.4) is 0 Å². The topological polar surface area (TPSA) is 57.2 Å². The number of hydrogen-bond donors (Lipinski definition) is 0. The van der Waals surface area contributed by atoms with Gasteiger partial charge in [0.2, 0.25) is 0 Å². The van der Waals surface area contributed by atoms with Crippen LogP contribution in [0.4, 0.5) is 0 Å². The molecule has 0 atom stereocenters. The first-order valence-corrected chi connectivity index (χ1v) is 9.09. The normalized spacial score (nSPS) is 12.5. The van der Waals surface area contributed by atoms with E-state index in [0.717, 1.165) is 29.4 Å². The highest BCUT2D eigenvalue weighted by atomic mass is 32.2. The molecular formula is C18H23O3S-. The van der Waals surface area contributed by atoms with E-state index in [1.807, 2.05) is 24.3 Å². The van der Waals surface area contributed by atoms with Gasteiger partial charge in [-0.1, -0.05) is 45.9 Å². The maximum Gasteiger partial charge on any atom is 0.125 e. The van der Waals surface area contributed by atoms with Crippen LogP contribution in [0, 0.1) is 11.8 Å². The summed E-state index contributed by atoms with van der Waals surface area (Å²) in [4.78, 5) is -0.0914. The van der Waals surface area contributed by atoms with Gasteiger partial charge in [-0.3, -0.25) is 0 Å². The smallest absolute Gasteiger partial charge is 0.125 e. The molecule has 2 rings (SSSR count). The molecule has 2 aromatic carbocycles. The second-order valence-corrected chi connectivity index (χ2v) is 8.15. The second-order valence-electron chi connectivity index (χ2n) is 6.80. The van der Waals surface area contributed by atoms with Crippen molar-refractivity contribution >= 4 is 20.9 Å². The Hall–Kier alpha value is -1.39. The Labute approximate surface area is 133 Å². The fourth-order valence-electron chi connectivity index (χ4n) is 2.82. The van der Waals surface area contributed by atoms with Crippen molar-refractivity contribution in [3.8, 4) is 0 Å². The van der Waals surface area contributed by atoms with Gasteiger partial charge in [-0.15, -0.1) is 0 Å². The molecule has 0 saturated heterocycles. The van der Waals surface area contributed by atoms with Crippen molar-refractivity contribution in [3.63, 3.8) is 0 Å². The highest BCUT2D eigenvalue weighted by molar-refractivity contribution is 7.86. The van der Waals surface area contributed by atoms with E-state index in [1.165, 1.54) is 0 Å². The van der Waals surface area contributed by atoms with Gasteiger partial charge >= 0.3 is 0 Å². The Morgan fingerprint density at radius 2 is 1.50 bits per heavy atom. The number of hydrogen-bond acceptors (Lipinski definition) is 3. The molecule has 2 aromatic rings. The van der Waals surface area contributed by atoms with Crippen molar-refractivity contribution < 1.29 is 13.0 Å².